The highest BCUT2D eigenvalue weighted by molar-refractivity contribution is 5.98. The van der Waals surface area contributed by atoms with Crippen molar-refractivity contribution in [2.24, 2.45) is 5.73 Å². The summed E-state index contributed by atoms with van der Waals surface area (Å²) in [5.41, 5.74) is 11.7. The SMILES string of the molecule is N#Cc1ncn(-c2c(N)cccc2C(N)=O)c1C#N. The first-order chi connectivity index (χ1) is 9.10. The van der Waals surface area contributed by atoms with Gasteiger partial charge in [0, 0.05) is 0 Å². The van der Waals surface area contributed by atoms with Gasteiger partial charge in [0.05, 0.1) is 16.9 Å². The van der Waals surface area contributed by atoms with Crippen LogP contribution in [0.1, 0.15) is 21.7 Å². The Morgan fingerprint density at radius 3 is 2.63 bits per heavy atom. The van der Waals surface area contributed by atoms with Crippen LogP contribution in [0.25, 0.3) is 5.69 Å². The quantitative estimate of drug-likeness (QED) is 0.741. The molecule has 0 aliphatic rings. The van der Waals surface area contributed by atoms with Crippen molar-refractivity contribution in [2.45, 2.75) is 0 Å². The molecule has 92 valence electrons. The summed E-state index contributed by atoms with van der Waals surface area (Å²) >= 11 is 0. The number of imidazole rings is 1. The van der Waals surface area contributed by atoms with E-state index in [4.69, 9.17) is 22.0 Å². The van der Waals surface area contributed by atoms with Crippen LogP contribution in [0.15, 0.2) is 24.5 Å². The molecule has 0 bridgehead atoms. The van der Waals surface area contributed by atoms with Gasteiger partial charge in [0.2, 0.25) is 0 Å². The molecule has 0 fully saturated rings. The number of anilines is 1. The maximum atomic E-state index is 11.4. The Balaban J connectivity index is 2.81. The molecule has 0 radical (unpaired) electrons. The summed E-state index contributed by atoms with van der Waals surface area (Å²) in [7, 11) is 0. The van der Waals surface area contributed by atoms with Crippen LogP contribution in [0.2, 0.25) is 0 Å². The largest absolute Gasteiger partial charge is 0.397 e. The minimum Gasteiger partial charge on any atom is -0.397 e. The van der Waals surface area contributed by atoms with Crippen molar-refractivity contribution < 1.29 is 4.79 Å². The summed E-state index contributed by atoms with van der Waals surface area (Å²) in [5.74, 6) is -0.682. The van der Waals surface area contributed by atoms with E-state index in [1.165, 1.54) is 17.0 Å². The van der Waals surface area contributed by atoms with E-state index in [0.717, 1.165) is 0 Å². The van der Waals surface area contributed by atoms with Crippen molar-refractivity contribution in [3.63, 3.8) is 0 Å². The molecule has 19 heavy (non-hydrogen) atoms. The molecule has 0 saturated heterocycles. The van der Waals surface area contributed by atoms with E-state index in [9.17, 15) is 4.79 Å². The Kier molecular flexibility index (Phi) is 2.88. The highest BCUT2D eigenvalue weighted by Crippen LogP contribution is 2.24. The molecule has 0 aliphatic carbocycles. The topological polar surface area (TPSA) is 135 Å². The lowest BCUT2D eigenvalue weighted by Crippen LogP contribution is -2.16. The van der Waals surface area contributed by atoms with E-state index in [-0.39, 0.29) is 28.3 Å². The second-order valence-electron chi connectivity index (χ2n) is 3.64. The lowest BCUT2D eigenvalue weighted by Gasteiger charge is -2.11. The number of rotatable bonds is 2. The predicted octanol–water partition coefficient (Wildman–Crippen LogP) is 0.297. The highest BCUT2D eigenvalue weighted by atomic mass is 16.1. The van der Waals surface area contributed by atoms with Crippen LogP contribution in [-0.4, -0.2) is 15.5 Å². The Morgan fingerprint density at radius 1 is 1.32 bits per heavy atom. The smallest absolute Gasteiger partial charge is 0.250 e. The average Bonchev–Trinajstić information content (AvgIpc) is 2.80. The molecule has 1 aromatic heterocycles. The second kappa shape index (κ2) is 4.51. The Hall–Kier alpha value is -3.32. The zero-order chi connectivity index (χ0) is 14.0. The third-order valence-electron chi connectivity index (χ3n) is 2.55. The van der Waals surface area contributed by atoms with Gasteiger partial charge in [-0.2, -0.15) is 10.5 Å². The minimum absolute atomic E-state index is 0.00269. The summed E-state index contributed by atoms with van der Waals surface area (Å²) in [4.78, 5) is 15.2. The van der Waals surface area contributed by atoms with Crippen molar-refractivity contribution in [2.75, 3.05) is 5.73 Å². The number of carbonyl (C=O) groups excluding carboxylic acids is 1. The number of para-hydroxylation sites is 1. The van der Waals surface area contributed by atoms with Gasteiger partial charge in [-0.05, 0) is 12.1 Å². The van der Waals surface area contributed by atoms with E-state index >= 15 is 0 Å². The number of nitrogens with two attached hydrogens (primary N) is 2. The normalized spacial score (nSPS) is 9.58. The van der Waals surface area contributed by atoms with E-state index in [1.54, 1.807) is 18.2 Å². The van der Waals surface area contributed by atoms with E-state index in [0.29, 0.717) is 0 Å². The van der Waals surface area contributed by atoms with Crippen molar-refractivity contribution >= 4 is 11.6 Å². The molecule has 0 atom stereocenters. The van der Waals surface area contributed by atoms with E-state index in [2.05, 4.69) is 4.98 Å². The van der Waals surface area contributed by atoms with Crippen LogP contribution in [0, 0.1) is 22.7 Å². The standard InChI is InChI=1S/C12H8N6O/c13-4-9-10(5-14)18(6-17-9)11-7(12(16)19)2-1-3-8(11)15/h1-3,6H,15H2,(H2,16,19). The van der Waals surface area contributed by atoms with Crippen LogP contribution in [0.4, 0.5) is 5.69 Å². The van der Waals surface area contributed by atoms with Crippen LogP contribution in [0.5, 0.6) is 0 Å². The molecule has 2 rings (SSSR count). The molecule has 1 aromatic carbocycles. The van der Waals surface area contributed by atoms with Gasteiger partial charge >= 0.3 is 0 Å². The first kappa shape index (κ1) is 12.1. The van der Waals surface area contributed by atoms with Gasteiger partial charge < -0.3 is 11.5 Å². The number of hydrogen-bond acceptors (Lipinski definition) is 5. The Morgan fingerprint density at radius 2 is 2.05 bits per heavy atom. The van der Waals surface area contributed by atoms with Crippen molar-refractivity contribution in [1.29, 1.82) is 10.5 Å². The van der Waals surface area contributed by atoms with Gasteiger partial charge in [-0.25, -0.2) is 4.98 Å². The number of nitrogen functional groups attached to an aromatic ring is 1. The van der Waals surface area contributed by atoms with E-state index in [1.807, 2.05) is 6.07 Å². The molecule has 4 N–H and O–H groups in total. The fourth-order valence-corrected chi connectivity index (χ4v) is 1.74. The molecular formula is C12H8N6O. The second-order valence-corrected chi connectivity index (χ2v) is 3.64. The molecule has 1 amide bonds. The van der Waals surface area contributed by atoms with Crippen LogP contribution in [0.3, 0.4) is 0 Å². The van der Waals surface area contributed by atoms with Crippen molar-refractivity contribution in [3.05, 3.63) is 41.5 Å². The summed E-state index contributed by atoms with van der Waals surface area (Å²) in [5, 5.41) is 17.9. The number of amides is 1. The maximum absolute atomic E-state index is 11.4. The van der Waals surface area contributed by atoms with Crippen LogP contribution >= 0.6 is 0 Å². The van der Waals surface area contributed by atoms with Crippen LogP contribution < -0.4 is 11.5 Å². The van der Waals surface area contributed by atoms with E-state index < -0.39 is 5.91 Å². The molecular weight excluding hydrogens is 244 g/mol. The Labute approximate surface area is 108 Å². The fourth-order valence-electron chi connectivity index (χ4n) is 1.74. The number of primary amides is 1. The number of benzene rings is 1. The first-order valence-electron chi connectivity index (χ1n) is 5.16. The summed E-state index contributed by atoms with van der Waals surface area (Å²) in [6.45, 7) is 0. The molecule has 2 aromatic rings. The third-order valence-corrected chi connectivity index (χ3v) is 2.55. The third kappa shape index (κ3) is 1.85. The first-order valence-corrected chi connectivity index (χ1v) is 5.16. The van der Waals surface area contributed by atoms with Gasteiger partial charge in [-0.15, -0.1) is 0 Å². The number of nitriles is 2. The number of carbonyl (C=O) groups is 1. The lowest BCUT2D eigenvalue weighted by molar-refractivity contribution is 0.100. The zero-order valence-corrected chi connectivity index (χ0v) is 9.66. The van der Waals surface area contributed by atoms with Gasteiger partial charge in [0.15, 0.2) is 11.4 Å². The number of hydrogen-bond donors (Lipinski definition) is 2. The minimum atomic E-state index is -0.682. The maximum Gasteiger partial charge on any atom is 0.250 e. The number of aromatic nitrogens is 2. The molecule has 0 unspecified atom stereocenters. The molecule has 0 spiro atoms. The lowest BCUT2D eigenvalue weighted by atomic mass is 10.1. The van der Waals surface area contributed by atoms with Gasteiger partial charge in [0.25, 0.3) is 5.91 Å². The van der Waals surface area contributed by atoms with Crippen LogP contribution in [-0.2, 0) is 0 Å². The Bertz CT molecular complexity index is 747. The van der Waals surface area contributed by atoms with Gasteiger partial charge in [-0.1, -0.05) is 6.07 Å². The fraction of sp³-hybridized carbons (Fsp3) is 0. The predicted molar refractivity (Wildman–Crippen MR) is 65.9 cm³/mol. The summed E-state index contributed by atoms with van der Waals surface area (Å²) in [6, 6.07) is 8.28. The summed E-state index contributed by atoms with van der Waals surface area (Å²) in [6.07, 6.45) is 1.26. The summed E-state index contributed by atoms with van der Waals surface area (Å²) < 4.78 is 1.29. The van der Waals surface area contributed by atoms with Gasteiger partial charge in [-0.3, -0.25) is 9.36 Å². The molecule has 7 nitrogen and oxygen atoms in total. The average molecular weight is 252 g/mol. The van der Waals surface area contributed by atoms with Gasteiger partial charge in [0.1, 0.15) is 18.5 Å². The molecule has 1 heterocycles. The molecule has 0 saturated carbocycles. The van der Waals surface area contributed by atoms with Crippen molar-refractivity contribution in [3.8, 4) is 17.8 Å². The molecule has 7 heteroatoms. The monoisotopic (exact) mass is 252 g/mol. The highest BCUT2D eigenvalue weighted by Gasteiger charge is 2.18. The zero-order valence-electron chi connectivity index (χ0n) is 9.66. The molecule has 0 aliphatic heterocycles. The number of nitrogens with zero attached hydrogens (tertiary/aromatic N) is 4. The van der Waals surface area contributed by atoms with Crippen molar-refractivity contribution in [1.82, 2.24) is 9.55 Å².